The van der Waals surface area contributed by atoms with Crippen LogP contribution < -0.4 is 10.5 Å². The van der Waals surface area contributed by atoms with Crippen LogP contribution in [0.5, 0.6) is 5.75 Å². The number of anilines is 1. The van der Waals surface area contributed by atoms with Crippen LogP contribution in [0.15, 0.2) is 30.5 Å². The minimum atomic E-state index is -0.540. The van der Waals surface area contributed by atoms with Gasteiger partial charge in [-0.05, 0) is 13.0 Å². The lowest BCUT2D eigenvalue weighted by molar-refractivity contribution is 0.0526. The van der Waals surface area contributed by atoms with Crippen molar-refractivity contribution in [1.82, 2.24) is 14.6 Å². The van der Waals surface area contributed by atoms with E-state index in [4.69, 9.17) is 19.9 Å². The van der Waals surface area contributed by atoms with E-state index in [-0.39, 0.29) is 24.6 Å². The monoisotopic (exact) mass is 356 g/mol. The highest BCUT2D eigenvalue weighted by atomic mass is 16.5. The average molecular weight is 356 g/mol. The lowest BCUT2D eigenvalue weighted by Crippen LogP contribution is -2.12. The molecule has 3 aromatic rings. The van der Waals surface area contributed by atoms with E-state index in [0.717, 1.165) is 11.1 Å². The number of rotatable bonds is 6. The minimum absolute atomic E-state index is 0.159. The van der Waals surface area contributed by atoms with Gasteiger partial charge in [-0.1, -0.05) is 18.2 Å². The predicted molar refractivity (Wildman–Crippen MR) is 96.1 cm³/mol. The second kappa shape index (κ2) is 7.40. The van der Waals surface area contributed by atoms with Crippen LogP contribution >= 0.6 is 0 Å². The van der Waals surface area contributed by atoms with Gasteiger partial charge in [0.1, 0.15) is 17.1 Å². The molecule has 0 unspecified atom stereocenters. The number of carbonyl (C=O) groups excluding carboxylic acids is 1. The summed E-state index contributed by atoms with van der Waals surface area (Å²) in [6, 6.07) is 7.54. The molecule has 0 spiro atoms. The van der Waals surface area contributed by atoms with E-state index < -0.39 is 5.97 Å². The molecule has 0 amide bonds. The van der Waals surface area contributed by atoms with Gasteiger partial charge in [-0.2, -0.15) is 9.61 Å². The Labute approximate surface area is 150 Å². The highest BCUT2D eigenvalue weighted by Crippen LogP contribution is 2.35. The maximum Gasteiger partial charge on any atom is 0.343 e. The molecular formula is C18H20N4O4. The van der Waals surface area contributed by atoms with Crippen LogP contribution in [-0.2, 0) is 16.1 Å². The number of fused-ring (bicyclic) bond motifs is 1. The van der Waals surface area contributed by atoms with Crippen LogP contribution in [-0.4, -0.2) is 41.4 Å². The van der Waals surface area contributed by atoms with Crippen molar-refractivity contribution in [3.05, 3.63) is 41.7 Å². The van der Waals surface area contributed by atoms with Gasteiger partial charge in [-0.25, -0.2) is 9.78 Å². The first-order valence-electron chi connectivity index (χ1n) is 8.07. The third-order valence-corrected chi connectivity index (χ3v) is 3.91. The third kappa shape index (κ3) is 2.95. The molecule has 0 saturated carbocycles. The zero-order valence-electron chi connectivity index (χ0n) is 14.9. The molecule has 3 rings (SSSR count). The largest absolute Gasteiger partial charge is 0.496 e. The summed E-state index contributed by atoms with van der Waals surface area (Å²) in [4.78, 5) is 16.5. The Kier molecular flexibility index (Phi) is 5.04. The molecule has 0 aliphatic carbocycles. The second-order valence-electron chi connectivity index (χ2n) is 5.47. The Morgan fingerprint density at radius 3 is 2.73 bits per heavy atom. The molecule has 8 nitrogen and oxygen atoms in total. The number of benzene rings is 1. The number of esters is 1. The Morgan fingerprint density at radius 1 is 1.27 bits per heavy atom. The molecule has 2 aromatic heterocycles. The van der Waals surface area contributed by atoms with Crippen molar-refractivity contribution in [2.45, 2.75) is 13.5 Å². The maximum absolute atomic E-state index is 12.1. The van der Waals surface area contributed by atoms with Crippen molar-refractivity contribution in [3.8, 4) is 16.9 Å². The van der Waals surface area contributed by atoms with E-state index in [9.17, 15) is 4.79 Å². The number of methoxy groups -OCH3 is 2. The van der Waals surface area contributed by atoms with Gasteiger partial charge < -0.3 is 19.9 Å². The summed E-state index contributed by atoms with van der Waals surface area (Å²) in [5, 5.41) is 4.50. The standard InChI is InChI=1S/C18H20N4O4/c1-4-26-18(23)12-9-20-17-15(11-7-5-6-8-14(11)25-3)13(10-24-2)21-22(17)16(12)19/h5-9H,4,10,19H2,1-3H3. The molecule has 0 bridgehead atoms. The fourth-order valence-electron chi connectivity index (χ4n) is 2.78. The molecule has 0 saturated heterocycles. The van der Waals surface area contributed by atoms with Gasteiger partial charge in [0.15, 0.2) is 5.65 Å². The Balaban J connectivity index is 2.27. The quantitative estimate of drug-likeness (QED) is 0.676. The van der Waals surface area contributed by atoms with Crippen molar-refractivity contribution < 1.29 is 19.0 Å². The van der Waals surface area contributed by atoms with Crippen LogP contribution in [0.25, 0.3) is 16.8 Å². The lowest BCUT2D eigenvalue weighted by atomic mass is 10.0. The number of ether oxygens (including phenoxy) is 3. The van der Waals surface area contributed by atoms with Crippen LogP contribution in [0.2, 0.25) is 0 Å². The molecule has 0 aliphatic rings. The number of nitrogen functional groups attached to an aromatic ring is 1. The van der Waals surface area contributed by atoms with Crippen LogP contribution in [0.4, 0.5) is 5.82 Å². The van der Waals surface area contributed by atoms with Gasteiger partial charge in [0.25, 0.3) is 0 Å². The normalized spacial score (nSPS) is 10.9. The summed E-state index contributed by atoms with van der Waals surface area (Å²) in [6.45, 7) is 2.23. The van der Waals surface area contributed by atoms with Gasteiger partial charge in [0.2, 0.25) is 0 Å². The highest BCUT2D eigenvalue weighted by Gasteiger charge is 2.23. The summed E-state index contributed by atoms with van der Waals surface area (Å²) in [5.41, 5.74) is 9.03. The van der Waals surface area contributed by atoms with Crippen LogP contribution in [0.1, 0.15) is 23.0 Å². The van der Waals surface area contributed by atoms with E-state index in [2.05, 4.69) is 10.1 Å². The molecule has 2 heterocycles. The molecule has 0 atom stereocenters. The Morgan fingerprint density at radius 2 is 2.04 bits per heavy atom. The molecule has 0 aliphatic heterocycles. The molecule has 136 valence electrons. The van der Waals surface area contributed by atoms with E-state index in [1.54, 1.807) is 21.1 Å². The Bertz CT molecular complexity index is 952. The number of hydrogen-bond donors (Lipinski definition) is 1. The number of para-hydroxylation sites is 1. The van der Waals surface area contributed by atoms with Gasteiger partial charge in [0.05, 0.1) is 31.6 Å². The number of carbonyl (C=O) groups is 1. The first kappa shape index (κ1) is 17.7. The number of hydrogen-bond acceptors (Lipinski definition) is 7. The molecule has 0 radical (unpaired) electrons. The molecule has 2 N–H and O–H groups in total. The summed E-state index contributed by atoms with van der Waals surface area (Å²) < 4.78 is 17.2. The van der Waals surface area contributed by atoms with Gasteiger partial charge in [-0.3, -0.25) is 0 Å². The maximum atomic E-state index is 12.1. The van der Waals surface area contributed by atoms with Crippen molar-refractivity contribution in [2.24, 2.45) is 0 Å². The molecule has 26 heavy (non-hydrogen) atoms. The lowest BCUT2D eigenvalue weighted by Gasteiger charge is -2.09. The first-order chi connectivity index (χ1) is 12.6. The summed E-state index contributed by atoms with van der Waals surface area (Å²) in [7, 11) is 3.18. The fourth-order valence-corrected chi connectivity index (χ4v) is 2.78. The zero-order valence-corrected chi connectivity index (χ0v) is 14.9. The summed E-state index contributed by atoms with van der Waals surface area (Å²) in [5.74, 6) is 0.295. The second-order valence-corrected chi connectivity index (χ2v) is 5.47. The van der Waals surface area contributed by atoms with Crippen molar-refractivity contribution in [3.63, 3.8) is 0 Å². The fraction of sp³-hybridized carbons (Fsp3) is 0.278. The van der Waals surface area contributed by atoms with E-state index in [1.165, 1.54) is 10.7 Å². The summed E-state index contributed by atoms with van der Waals surface area (Å²) >= 11 is 0. The van der Waals surface area contributed by atoms with Gasteiger partial charge in [0, 0.05) is 18.9 Å². The number of nitrogens with two attached hydrogens (primary N) is 1. The molecular weight excluding hydrogens is 336 g/mol. The van der Waals surface area contributed by atoms with Gasteiger partial charge >= 0.3 is 5.97 Å². The van der Waals surface area contributed by atoms with Crippen LogP contribution in [0.3, 0.4) is 0 Å². The smallest absolute Gasteiger partial charge is 0.343 e. The van der Waals surface area contributed by atoms with E-state index >= 15 is 0 Å². The van der Waals surface area contributed by atoms with E-state index in [1.807, 2.05) is 24.3 Å². The average Bonchev–Trinajstić information content (AvgIpc) is 3.01. The SMILES string of the molecule is CCOC(=O)c1cnc2c(-c3ccccc3OC)c(COC)nn2c1N. The Hall–Kier alpha value is -3.13. The first-order valence-corrected chi connectivity index (χ1v) is 8.07. The summed E-state index contributed by atoms with van der Waals surface area (Å²) in [6.07, 6.45) is 1.40. The molecule has 0 fully saturated rings. The van der Waals surface area contributed by atoms with Crippen molar-refractivity contribution in [2.75, 3.05) is 26.6 Å². The number of nitrogens with zero attached hydrogens (tertiary/aromatic N) is 3. The molecule has 8 heteroatoms. The van der Waals surface area contributed by atoms with Crippen LogP contribution in [0, 0.1) is 0 Å². The van der Waals surface area contributed by atoms with Crippen molar-refractivity contribution in [1.29, 1.82) is 0 Å². The highest BCUT2D eigenvalue weighted by molar-refractivity contribution is 5.95. The predicted octanol–water partition coefficient (Wildman–Crippen LogP) is 2.31. The number of aromatic nitrogens is 3. The van der Waals surface area contributed by atoms with E-state index in [0.29, 0.717) is 17.1 Å². The zero-order chi connectivity index (χ0) is 18.7. The third-order valence-electron chi connectivity index (χ3n) is 3.91. The minimum Gasteiger partial charge on any atom is -0.496 e. The van der Waals surface area contributed by atoms with Gasteiger partial charge in [-0.15, -0.1) is 0 Å². The van der Waals surface area contributed by atoms with Crippen molar-refractivity contribution >= 4 is 17.4 Å². The molecule has 1 aromatic carbocycles. The topological polar surface area (TPSA) is 101 Å².